The van der Waals surface area contributed by atoms with Crippen LogP contribution in [0.25, 0.3) is 0 Å². The van der Waals surface area contributed by atoms with Crippen molar-refractivity contribution in [2.24, 2.45) is 0 Å². The molecule has 2 N–H and O–H groups in total. The zero-order valence-corrected chi connectivity index (χ0v) is 17.1. The number of ether oxygens (including phenoxy) is 1. The number of piperidine rings is 1. The predicted octanol–water partition coefficient (Wildman–Crippen LogP) is 0.149. The Balaban J connectivity index is 1.37. The summed E-state index contributed by atoms with van der Waals surface area (Å²) in [7, 11) is 4.07. The van der Waals surface area contributed by atoms with Crippen LogP contribution in [-0.4, -0.2) is 78.8 Å². The van der Waals surface area contributed by atoms with Crippen LogP contribution in [-0.2, 0) is 9.59 Å². The van der Waals surface area contributed by atoms with Crippen LogP contribution in [0.1, 0.15) is 46.4 Å². The number of hydrogen-bond acceptors (Lipinski definition) is 7. The van der Waals surface area contributed by atoms with E-state index in [-0.39, 0.29) is 30.1 Å². The lowest BCUT2D eigenvalue weighted by Gasteiger charge is -2.36. The van der Waals surface area contributed by atoms with Crippen molar-refractivity contribution in [2.75, 3.05) is 27.2 Å². The molecule has 160 valence electrons. The lowest BCUT2D eigenvalue weighted by molar-refractivity contribution is -0.136. The fraction of sp³-hybridized carbons (Fsp3) is 0.524. The van der Waals surface area contributed by atoms with Crippen LogP contribution >= 0.6 is 0 Å². The first kappa shape index (κ1) is 20.5. The van der Waals surface area contributed by atoms with Gasteiger partial charge in [0.15, 0.2) is 0 Å². The number of fused-ring (bicyclic) bond motifs is 1. The highest BCUT2D eigenvalue weighted by atomic mass is 16.5. The van der Waals surface area contributed by atoms with E-state index >= 15 is 0 Å². The van der Waals surface area contributed by atoms with E-state index in [4.69, 9.17) is 4.74 Å². The van der Waals surface area contributed by atoms with Gasteiger partial charge in [-0.3, -0.25) is 29.4 Å². The molecule has 1 saturated carbocycles. The Labute approximate surface area is 174 Å². The van der Waals surface area contributed by atoms with E-state index < -0.39 is 29.7 Å². The van der Waals surface area contributed by atoms with Gasteiger partial charge in [-0.05, 0) is 51.6 Å². The maximum Gasteiger partial charge on any atom is 0.262 e. The largest absolute Gasteiger partial charge is 0.490 e. The van der Waals surface area contributed by atoms with Crippen molar-refractivity contribution in [3.05, 3.63) is 29.3 Å². The van der Waals surface area contributed by atoms with Crippen LogP contribution in [0.4, 0.5) is 0 Å². The van der Waals surface area contributed by atoms with Crippen molar-refractivity contribution in [2.45, 2.75) is 43.9 Å². The summed E-state index contributed by atoms with van der Waals surface area (Å²) < 4.78 is 5.98. The van der Waals surface area contributed by atoms with Gasteiger partial charge in [0.05, 0.1) is 11.1 Å². The highest BCUT2D eigenvalue weighted by Crippen LogP contribution is 2.32. The molecule has 2 fully saturated rings. The first-order valence-corrected chi connectivity index (χ1v) is 10.2. The molecule has 4 amide bonds. The van der Waals surface area contributed by atoms with Gasteiger partial charge in [0, 0.05) is 25.6 Å². The summed E-state index contributed by atoms with van der Waals surface area (Å²) >= 11 is 0. The third kappa shape index (κ3) is 3.95. The van der Waals surface area contributed by atoms with E-state index in [2.05, 4.69) is 15.5 Å². The van der Waals surface area contributed by atoms with E-state index in [1.165, 1.54) is 0 Å². The Kier molecular flexibility index (Phi) is 5.57. The molecule has 30 heavy (non-hydrogen) atoms. The molecule has 4 rings (SSSR count). The highest BCUT2D eigenvalue weighted by Gasteiger charge is 2.44. The van der Waals surface area contributed by atoms with Gasteiger partial charge >= 0.3 is 0 Å². The Bertz CT molecular complexity index is 893. The van der Waals surface area contributed by atoms with Gasteiger partial charge in [0.2, 0.25) is 11.8 Å². The van der Waals surface area contributed by atoms with Crippen molar-refractivity contribution >= 4 is 23.6 Å². The zero-order chi connectivity index (χ0) is 21.4. The molecule has 0 bridgehead atoms. The van der Waals surface area contributed by atoms with Crippen molar-refractivity contribution in [1.29, 1.82) is 0 Å². The summed E-state index contributed by atoms with van der Waals surface area (Å²) in [5.41, 5.74) is 0.496. The second-order valence-corrected chi connectivity index (χ2v) is 8.32. The first-order valence-electron chi connectivity index (χ1n) is 10.2. The van der Waals surface area contributed by atoms with Crippen LogP contribution in [0.2, 0.25) is 0 Å². The minimum absolute atomic E-state index is 0.0679. The number of imide groups is 2. The number of amides is 4. The average molecular weight is 414 g/mol. The topological polar surface area (TPSA) is 108 Å². The van der Waals surface area contributed by atoms with Gasteiger partial charge in [-0.1, -0.05) is 0 Å². The molecule has 1 aromatic rings. The van der Waals surface area contributed by atoms with E-state index in [1.54, 1.807) is 18.2 Å². The number of likely N-dealkylation sites (N-methyl/N-ethyl adjacent to an activating group) is 1. The Morgan fingerprint density at radius 2 is 1.87 bits per heavy atom. The number of rotatable bonds is 7. The third-order valence-corrected chi connectivity index (χ3v) is 5.80. The van der Waals surface area contributed by atoms with Crippen molar-refractivity contribution < 1.29 is 23.9 Å². The van der Waals surface area contributed by atoms with Crippen LogP contribution in [0.15, 0.2) is 18.2 Å². The van der Waals surface area contributed by atoms with Crippen molar-refractivity contribution in [3.63, 3.8) is 0 Å². The molecule has 1 aliphatic carbocycles. The molecule has 1 unspecified atom stereocenters. The molecule has 0 aromatic heterocycles. The number of hydrogen-bond donors (Lipinski definition) is 2. The maximum absolute atomic E-state index is 12.9. The summed E-state index contributed by atoms with van der Waals surface area (Å²) in [6.45, 7) is 1.91. The minimum Gasteiger partial charge on any atom is -0.490 e. The lowest BCUT2D eigenvalue weighted by Crippen LogP contribution is -2.54. The first-order chi connectivity index (χ1) is 14.3. The molecule has 0 spiro atoms. The van der Waals surface area contributed by atoms with Crippen LogP contribution in [0, 0.1) is 0 Å². The number of nitrogens with zero attached hydrogens (tertiary/aromatic N) is 2. The molecule has 2 aliphatic heterocycles. The van der Waals surface area contributed by atoms with Crippen molar-refractivity contribution in [1.82, 2.24) is 20.4 Å². The fourth-order valence-corrected chi connectivity index (χ4v) is 4.04. The summed E-state index contributed by atoms with van der Waals surface area (Å²) in [6.07, 6.45) is 2.09. The molecule has 3 aliphatic rings. The molecule has 1 atom stereocenters. The molecule has 2 heterocycles. The minimum atomic E-state index is -0.958. The molecular weight excluding hydrogens is 388 g/mol. The molecule has 1 aromatic carbocycles. The monoisotopic (exact) mass is 414 g/mol. The average Bonchev–Trinajstić information content (AvgIpc) is 2.90. The number of nitrogens with one attached hydrogen (secondary N) is 2. The Hall–Kier alpha value is -2.78. The van der Waals surface area contributed by atoms with Gasteiger partial charge in [-0.15, -0.1) is 0 Å². The second-order valence-electron chi connectivity index (χ2n) is 8.32. The summed E-state index contributed by atoms with van der Waals surface area (Å²) in [6, 6.07) is 4.30. The van der Waals surface area contributed by atoms with E-state index in [0.717, 1.165) is 30.8 Å². The molecule has 9 nitrogen and oxygen atoms in total. The van der Waals surface area contributed by atoms with E-state index in [0.29, 0.717) is 11.8 Å². The van der Waals surface area contributed by atoms with E-state index in [9.17, 15) is 19.2 Å². The predicted molar refractivity (Wildman–Crippen MR) is 107 cm³/mol. The van der Waals surface area contributed by atoms with Gasteiger partial charge < -0.3 is 15.0 Å². The third-order valence-electron chi connectivity index (χ3n) is 5.80. The second kappa shape index (κ2) is 8.16. The van der Waals surface area contributed by atoms with Crippen molar-refractivity contribution in [3.8, 4) is 5.75 Å². The summed E-state index contributed by atoms with van der Waals surface area (Å²) in [5, 5.41) is 5.68. The maximum atomic E-state index is 12.9. The Morgan fingerprint density at radius 3 is 2.57 bits per heavy atom. The molecular formula is C21H26N4O5. The van der Waals surface area contributed by atoms with Gasteiger partial charge in [-0.2, -0.15) is 0 Å². The molecule has 9 heteroatoms. The smallest absolute Gasteiger partial charge is 0.262 e. The lowest BCUT2D eigenvalue weighted by atomic mass is 9.89. The van der Waals surface area contributed by atoms with Crippen LogP contribution < -0.4 is 15.4 Å². The number of benzene rings is 1. The SMILES string of the molecule is CN(C)CCNC1CC(Oc2ccc3c(c2)C(=O)N(C2CCC(=O)NC2=O)C3=O)C1. The fourth-order valence-electron chi connectivity index (χ4n) is 4.04. The normalized spacial score (nSPS) is 26.0. The van der Waals surface area contributed by atoms with Gasteiger partial charge in [0.1, 0.15) is 17.9 Å². The molecule has 1 saturated heterocycles. The van der Waals surface area contributed by atoms with Crippen LogP contribution in [0.3, 0.4) is 0 Å². The number of carbonyl (C=O) groups excluding carboxylic acids is 4. The van der Waals surface area contributed by atoms with Gasteiger partial charge in [0.25, 0.3) is 11.8 Å². The van der Waals surface area contributed by atoms with Crippen LogP contribution in [0.5, 0.6) is 5.75 Å². The summed E-state index contributed by atoms with van der Waals surface area (Å²) in [5.74, 6) is -1.49. The highest BCUT2D eigenvalue weighted by molar-refractivity contribution is 6.23. The van der Waals surface area contributed by atoms with Gasteiger partial charge in [-0.25, -0.2) is 0 Å². The van der Waals surface area contributed by atoms with E-state index in [1.807, 2.05) is 14.1 Å². The standard InChI is InChI=1S/C21H26N4O5/c1-24(2)8-7-22-12-9-14(10-12)30-13-3-4-15-16(11-13)21(29)25(20(15)28)17-5-6-18(26)23-19(17)27/h3-4,11-12,14,17,22H,5-10H2,1-2H3,(H,23,26,27). The molecule has 0 radical (unpaired) electrons. The Morgan fingerprint density at radius 1 is 1.13 bits per heavy atom. The summed E-state index contributed by atoms with van der Waals surface area (Å²) in [4.78, 5) is 52.1. The zero-order valence-electron chi connectivity index (χ0n) is 17.1. The quantitative estimate of drug-likeness (QED) is 0.612. The number of carbonyl (C=O) groups is 4.